The summed E-state index contributed by atoms with van der Waals surface area (Å²) in [5.74, 6) is 1.88. The Morgan fingerprint density at radius 1 is 1.00 bits per heavy atom. The minimum atomic E-state index is -1.76. The van der Waals surface area contributed by atoms with Crippen LogP contribution in [-0.2, 0) is 15.8 Å². The summed E-state index contributed by atoms with van der Waals surface area (Å²) in [6.45, 7) is 18.3. The molecule has 0 heterocycles. The summed E-state index contributed by atoms with van der Waals surface area (Å²) in [5.41, 5.74) is 1.17. The molecular weight excluding hydrogens is 527 g/mol. The molecule has 0 fully saturated rings. The maximum absolute atomic E-state index is 7.12. The van der Waals surface area contributed by atoms with E-state index in [1.165, 1.54) is 5.56 Å². The van der Waals surface area contributed by atoms with Gasteiger partial charge >= 0.3 is 0 Å². The Morgan fingerprint density at radius 3 is 2.06 bits per heavy atom. The van der Waals surface area contributed by atoms with Crippen molar-refractivity contribution in [1.82, 2.24) is 0 Å². The Labute approximate surface area is 212 Å². The van der Waals surface area contributed by atoms with Crippen LogP contribution in [0.2, 0.25) is 18.1 Å². The van der Waals surface area contributed by atoms with E-state index >= 15 is 0 Å². The van der Waals surface area contributed by atoms with E-state index in [1.54, 1.807) is 7.11 Å². The van der Waals surface area contributed by atoms with Gasteiger partial charge in [-0.05, 0) is 47.7 Å². The highest BCUT2D eigenvalue weighted by atomic mass is 127. The number of benzene rings is 1. The van der Waals surface area contributed by atoms with E-state index < -0.39 is 8.32 Å². The van der Waals surface area contributed by atoms with E-state index in [0.29, 0.717) is 18.4 Å². The normalized spacial score (nSPS) is 17.0. The highest BCUT2D eigenvalue weighted by Gasteiger charge is 2.39. The fourth-order valence-corrected chi connectivity index (χ4v) is 7.88. The first kappa shape index (κ1) is 29.4. The maximum atomic E-state index is 7.12. The highest BCUT2D eigenvalue weighted by molar-refractivity contribution is 14.1. The van der Waals surface area contributed by atoms with Gasteiger partial charge in [-0.2, -0.15) is 0 Å². The van der Waals surface area contributed by atoms with Gasteiger partial charge in [0.25, 0.3) is 0 Å². The quantitative estimate of drug-likeness (QED) is 0.0868. The van der Waals surface area contributed by atoms with Gasteiger partial charge in [0.2, 0.25) is 0 Å². The lowest BCUT2D eigenvalue weighted by atomic mass is 9.84. The van der Waals surface area contributed by atoms with E-state index in [1.807, 2.05) is 18.2 Å². The summed E-state index contributed by atoms with van der Waals surface area (Å²) in [6, 6.07) is 11.6. The smallest absolute Gasteiger partial charge is 0.192 e. The zero-order chi connectivity index (χ0) is 24.1. The summed E-state index contributed by atoms with van der Waals surface area (Å²) in [5, 5.41) is 0. The molecule has 0 unspecified atom stereocenters. The summed E-state index contributed by atoms with van der Waals surface area (Å²) in [4.78, 5) is 0. The van der Waals surface area contributed by atoms with Gasteiger partial charge < -0.3 is 13.9 Å². The van der Waals surface area contributed by atoms with Crippen LogP contribution < -0.4 is 4.74 Å². The molecule has 0 aromatic heterocycles. The molecule has 0 saturated heterocycles. The third kappa shape index (κ3) is 8.62. The van der Waals surface area contributed by atoms with Crippen molar-refractivity contribution in [1.29, 1.82) is 0 Å². The van der Waals surface area contributed by atoms with Crippen LogP contribution in [0.5, 0.6) is 5.75 Å². The Kier molecular flexibility index (Phi) is 14.1. The number of methoxy groups -OCH3 is 1. The minimum Gasteiger partial charge on any atom is -0.497 e. The van der Waals surface area contributed by atoms with Crippen molar-refractivity contribution in [2.45, 2.75) is 78.5 Å². The van der Waals surface area contributed by atoms with E-state index in [0.717, 1.165) is 28.3 Å². The number of rotatable bonds is 16. The predicted molar refractivity (Wildman–Crippen MR) is 149 cm³/mol. The number of ether oxygens (including phenoxy) is 2. The first-order valence-electron chi connectivity index (χ1n) is 12.1. The molecule has 0 spiro atoms. The van der Waals surface area contributed by atoms with Gasteiger partial charge in [-0.1, -0.05) is 101 Å². The third-order valence-electron chi connectivity index (χ3n) is 6.83. The van der Waals surface area contributed by atoms with Crippen LogP contribution in [0.1, 0.15) is 47.1 Å². The molecule has 0 aliphatic carbocycles. The van der Waals surface area contributed by atoms with E-state index in [-0.39, 0.29) is 18.1 Å². The Hall–Kier alpha value is -0.633. The van der Waals surface area contributed by atoms with Crippen LogP contribution in [-0.4, -0.2) is 32.1 Å². The number of hydrogen-bond donors (Lipinski definition) is 0. The van der Waals surface area contributed by atoms with Gasteiger partial charge in [0, 0.05) is 10.3 Å². The molecule has 5 atom stereocenters. The predicted octanol–water partition coefficient (Wildman–Crippen LogP) is 8.06. The van der Waals surface area contributed by atoms with Gasteiger partial charge in [0.05, 0.1) is 25.9 Å². The van der Waals surface area contributed by atoms with Crippen molar-refractivity contribution < 1.29 is 13.9 Å². The average Bonchev–Trinajstić information content (AvgIpc) is 2.83. The first-order chi connectivity index (χ1) is 15.3. The molecule has 1 aromatic carbocycles. The molecule has 32 heavy (non-hydrogen) atoms. The second-order valence-corrected chi connectivity index (χ2v) is 14.5. The van der Waals surface area contributed by atoms with E-state index in [2.05, 4.69) is 95.0 Å². The average molecular weight is 573 g/mol. The van der Waals surface area contributed by atoms with Crippen LogP contribution >= 0.6 is 22.6 Å². The molecule has 0 bridgehead atoms. The van der Waals surface area contributed by atoms with Crippen molar-refractivity contribution in [3.63, 3.8) is 0 Å². The molecule has 182 valence electrons. The fraction of sp³-hybridized carbons (Fsp3) is 0.630. The highest BCUT2D eigenvalue weighted by Crippen LogP contribution is 2.34. The van der Waals surface area contributed by atoms with Crippen molar-refractivity contribution in [3.8, 4) is 5.75 Å². The van der Waals surface area contributed by atoms with E-state index in [4.69, 9.17) is 13.9 Å². The van der Waals surface area contributed by atoms with Crippen LogP contribution in [0.15, 0.2) is 49.1 Å². The lowest BCUT2D eigenvalue weighted by molar-refractivity contribution is -0.0634. The zero-order valence-electron chi connectivity index (χ0n) is 21.3. The zero-order valence-corrected chi connectivity index (χ0v) is 24.4. The van der Waals surface area contributed by atoms with Crippen LogP contribution in [0, 0.1) is 17.8 Å². The van der Waals surface area contributed by atoms with Gasteiger partial charge in [-0.3, -0.25) is 0 Å². The molecule has 1 rings (SSSR count). The standard InChI is InChI=1S/C27H45IO3Si/c1-9-13-14-21(5)27(31-32(10-2,11-3)12-4)23(7)26(22(6)19-28)30-20-24-15-17-25(29-8)18-16-24/h9,13-18,21-23,26-27H,1,10-12,19-20H2,2-8H3/b14-13-/t21-,22-,23-,26+,27-/m0/s1. The molecule has 0 aliphatic heterocycles. The molecule has 0 aliphatic rings. The van der Waals surface area contributed by atoms with Crippen molar-refractivity contribution >= 4 is 30.9 Å². The van der Waals surface area contributed by atoms with Crippen molar-refractivity contribution in [2.24, 2.45) is 17.8 Å². The summed E-state index contributed by atoms with van der Waals surface area (Å²) in [6.07, 6.45) is 6.40. The van der Waals surface area contributed by atoms with Crippen LogP contribution in [0.4, 0.5) is 0 Å². The molecular formula is C27H45IO3Si. The van der Waals surface area contributed by atoms with Crippen molar-refractivity contribution in [3.05, 3.63) is 54.6 Å². The van der Waals surface area contributed by atoms with Gasteiger partial charge in [-0.15, -0.1) is 0 Å². The van der Waals surface area contributed by atoms with Crippen molar-refractivity contribution in [2.75, 3.05) is 11.5 Å². The molecule has 1 aromatic rings. The SMILES string of the molecule is C=C/C=C\[C@H](C)[C@H](O[Si](CC)(CC)CC)[C@@H](C)[C@H](OCc1ccc(OC)cc1)[C@@H](C)CI. The summed E-state index contributed by atoms with van der Waals surface area (Å²) in [7, 11) is -0.0704. The molecule has 0 radical (unpaired) electrons. The maximum Gasteiger partial charge on any atom is 0.192 e. The molecule has 3 nitrogen and oxygen atoms in total. The number of hydrogen-bond acceptors (Lipinski definition) is 3. The Morgan fingerprint density at radius 2 is 1.59 bits per heavy atom. The number of alkyl halides is 1. The number of allylic oxidation sites excluding steroid dienone is 2. The topological polar surface area (TPSA) is 27.7 Å². The minimum absolute atomic E-state index is 0.121. The molecule has 0 saturated carbocycles. The second-order valence-electron chi connectivity index (χ2n) is 8.92. The third-order valence-corrected chi connectivity index (χ3v) is 12.9. The fourth-order valence-electron chi connectivity index (χ4n) is 4.37. The Balaban J connectivity index is 3.16. The first-order valence-corrected chi connectivity index (χ1v) is 16.1. The summed E-state index contributed by atoms with van der Waals surface area (Å²) < 4.78 is 20.1. The van der Waals surface area contributed by atoms with Crippen LogP contribution in [0.3, 0.4) is 0 Å². The van der Waals surface area contributed by atoms with Gasteiger partial charge in [0.1, 0.15) is 5.75 Å². The molecule has 5 heteroatoms. The van der Waals surface area contributed by atoms with Crippen LogP contribution in [0.25, 0.3) is 0 Å². The largest absolute Gasteiger partial charge is 0.497 e. The van der Waals surface area contributed by atoms with Gasteiger partial charge in [0.15, 0.2) is 8.32 Å². The molecule has 0 amide bonds. The molecule has 0 N–H and O–H groups in total. The van der Waals surface area contributed by atoms with Gasteiger partial charge in [-0.25, -0.2) is 0 Å². The lowest BCUT2D eigenvalue weighted by Crippen LogP contribution is -2.48. The lowest BCUT2D eigenvalue weighted by Gasteiger charge is -2.42. The second kappa shape index (κ2) is 15.3. The number of halogens is 1. The Bertz CT molecular complexity index is 664. The monoisotopic (exact) mass is 572 g/mol. The summed E-state index contributed by atoms with van der Waals surface area (Å²) >= 11 is 2.48. The van der Waals surface area contributed by atoms with E-state index in [9.17, 15) is 0 Å².